The van der Waals surface area contributed by atoms with Gasteiger partial charge in [-0.1, -0.05) is 52.6 Å². The molecule has 8 heteroatoms. The minimum Gasteiger partial charge on any atom is -0.350 e. The monoisotopic (exact) mass is 502 g/mol. The zero-order valence-corrected chi connectivity index (χ0v) is 20.2. The maximum absolute atomic E-state index is 13.4. The fourth-order valence-electron chi connectivity index (χ4n) is 3.24. The van der Waals surface area contributed by atoms with Crippen LogP contribution in [0.25, 0.3) is 0 Å². The zero-order chi connectivity index (χ0) is 23.0. The number of nitrogens with one attached hydrogen (secondary N) is 1. The van der Waals surface area contributed by atoms with Crippen molar-refractivity contribution in [2.24, 2.45) is 0 Å². The fraction of sp³-hybridized carbons (Fsp3) is 0.0833. The van der Waals surface area contributed by atoms with Crippen LogP contribution in [0.1, 0.15) is 11.1 Å². The summed E-state index contributed by atoms with van der Waals surface area (Å²) in [6.07, 6.45) is 0. The topological polar surface area (TPSA) is 49.4 Å². The van der Waals surface area contributed by atoms with Crippen molar-refractivity contribution in [3.05, 3.63) is 97.5 Å². The molecule has 0 aliphatic carbocycles. The van der Waals surface area contributed by atoms with Gasteiger partial charge < -0.3 is 5.32 Å². The molecule has 1 heterocycles. The lowest BCUT2D eigenvalue weighted by molar-refractivity contribution is -0.120. The molecule has 3 aromatic rings. The Labute approximate surface area is 205 Å². The molecule has 0 saturated carbocycles. The molecule has 4 nitrogen and oxygen atoms in total. The summed E-state index contributed by atoms with van der Waals surface area (Å²) in [5, 5.41) is 4.79. The first-order valence-electron chi connectivity index (χ1n) is 9.60. The second kappa shape index (κ2) is 9.20. The summed E-state index contributed by atoms with van der Waals surface area (Å²) in [5.41, 5.74) is 2.91. The van der Waals surface area contributed by atoms with Crippen LogP contribution in [0.15, 0.2) is 76.2 Å². The SMILES string of the molecule is Cc1ccc(NC2=C(Sc3ccc(Cl)cc3)C(=O)N(c3ccc(Cl)cc3C)C2=O)cc1Cl. The first kappa shape index (κ1) is 22.7. The molecule has 0 fully saturated rings. The van der Waals surface area contributed by atoms with Crippen molar-refractivity contribution in [2.75, 3.05) is 10.2 Å². The fourth-order valence-corrected chi connectivity index (χ4v) is 4.70. The van der Waals surface area contributed by atoms with Crippen LogP contribution in [0.4, 0.5) is 11.4 Å². The zero-order valence-electron chi connectivity index (χ0n) is 17.1. The molecule has 32 heavy (non-hydrogen) atoms. The maximum Gasteiger partial charge on any atom is 0.283 e. The van der Waals surface area contributed by atoms with Gasteiger partial charge in [0.05, 0.1) is 5.69 Å². The van der Waals surface area contributed by atoms with E-state index in [0.717, 1.165) is 16.0 Å². The molecule has 0 aromatic heterocycles. The van der Waals surface area contributed by atoms with E-state index < -0.39 is 11.8 Å². The van der Waals surface area contributed by atoms with Crippen LogP contribution in [-0.4, -0.2) is 11.8 Å². The van der Waals surface area contributed by atoms with Gasteiger partial charge in [0.15, 0.2) is 0 Å². The number of halogens is 3. The molecular formula is C24H17Cl3N2O2S. The Balaban J connectivity index is 1.77. The molecule has 0 spiro atoms. The summed E-state index contributed by atoms with van der Waals surface area (Å²) in [7, 11) is 0. The normalized spacial score (nSPS) is 13.8. The Morgan fingerprint density at radius 2 is 1.47 bits per heavy atom. The van der Waals surface area contributed by atoms with Crippen molar-refractivity contribution >= 4 is 69.8 Å². The summed E-state index contributed by atoms with van der Waals surface area (Å²) < 4.78 is 0. The van der Waals surface area contributed by atoms with E-state index in [-0.39, 0.29) is 10.6 Å². The largest absolute Gasteiger partial charge is 0.350 e. The first-order chi connectivity index (χ1) is 15.2. The average Bonchev–Trinajstić information content (AvgIpc) is 2.97. The summed E-state index contributed by atoms with van der Waals surface area (Å²) in [6, 6.07) is 17.5. The molecule has 0 unspecified atom stereocenters. The van der Waals surface area contributed by atoms with Gasteiger partial charge in [-0.05, 0) is 79.6 Å². The standard InChI is InChI=1S/C24H17Cl3N2O2S/c1-13-3-7-17(12-19(13)27)28-21-22(32-18-8-4-15(25)5-9-18)24(31)29(23(21)30)20-10-6-16(26)11-14(20)2/h3-12,28H,1-2H3. The number of amides is 2. The number of imide groups is 1. The Bertz CT molecular complexity index is 1270. The van der Waals surface area contributed by atoms with Crippen molar-refractivity contribution in [3.8, 4) is 0 Å². The summed E-state index contributed by atoms with van der Waals surface area (Å²) >= 11 is 19.5. The molecule has 2 amide bonds. The lowest BCUT2D eigenvalue weighted by Crippen LogP contribution is -2.32. The van der Waals surface area contributed by atoms with E-state index in [0.29, 0.717) is 26.4 Å². The van der Waals surface area contributed by atoms with Crippen LogP contribution in [0.5, 0.6) is 0 Å². The van der Waals surface area contributed by atoms with Crippen molar-refractivity contribution in [1.82, 2.24) is 0 Å². The van der Waals surface area contributed by atoms with Crippen LogP contribution in [-0.2, 0) is 9.59 Å². The number of nitrogens with zero attached hydrogens (tertiary/aromatic N) is 1. The van der Waals surface area contributed by atoms with Gasteiger partial charge in [0.25, 0.3) is 11.8 Å². The molecule has 4 rings (SSSR count). The lowest BCUT2D eigenvalue weighted by atomic mass is 10.2. The number of hydrogen-bond donors (Lipinski definition) is 1. The molecule has 0 bridgehead atoms. The van der Waals surface area contributed by atoms with Gasteiger partial charge >= 0.3 is 0 Å². The smallest absolute Gasteiger partial charge is 0.283 e. The second-order valence-corrected chi connectivity index (χ2v) is 9.59. The third-order valence-corrected chi connectivity index (χ3v) is 6.90. The molecule has 162 valence electrons. The predicted octanol–water partition coefficient (Wildman–Crippen LogP) is 7.25. The van der Waals surface area contributed by atoms with Crippen LogP contribution in [0.2, 0.25) is 15.1 Å². The van der Waals surface area contributed by atoms with Crippen molar-refractivity contribution in [3.63, 3.8) is 0 Å². The molecule has 1 aliphatic rings. The predicted molar refractivity (Wildman–Crippen MR) is 133 cm³/mol. The molecule has 1 N–H and O–H groups in total. The highest BCUT2D eigenvalue weighted by Gasteiger charge is 2.40. The summed E-state index contributed by atoms with van der Waals surface area (Å²) in [4.78, 5) is 29.1. The third kappa shape index (κ3) is 4.52. The van der Waals surface area contributed by atoms with E-state index in [1.54, 1.807) is 55.5 Å². The number of rotatable bonds is 5. The highest BCUT2D eigenvalue weighted by molar-refractivity contribution is 8.04. The molecule has 0 saturated heterocycles. The quantitative estimate of drug-likeness (QED) is 0.372. The number of hydrogen-bond acceptors (Lipinski definition) is 4. The van der Waals surface area contributed by atoms with Crippen LogP contribution >= 0.6 is 46.6 Å². The average molecular weight is 504 g/mol. The van der Waals surface area contributed by atoms with Crippen molar-refractivity contribution in [1.29, 1.82) is 0 Å². The Morgan fingerprint density at radius 3 is 2.12 bits per heavy atom. The summed E-state index contributed by atoms with van der Waals surface area (Å²) in [5.74, 6) is -0.866. The molecule has 1 aliphatic heterocycles. The van der Waals surface area contributed by atoms with Gasteiger partial charge in [0.2, 0.25) is 0 Å². The van der Waals surface area contributed by atoms with E-state index in [4.69, 9.17) is 34.8 Å². The minimum atomic E-state index is -0.450. The van der Waals surface area contributed by atoms with Crippen LogP contribution in [0, 0.1) is 13.8 Å². The molecule has 0 radical (unpaired) electrons. The van der Waals surface area contributed by atoms with E-state index in [1.807, 2.05) is 19.1 Å². The second-order valence-electron chi connectivity index (χ2n) is 7.23. The number of benzene rings is 3. The molecular weight excluding hydrogens is 487 g/mol. The third-order valence-electron chi connectivity index (χ3n) is 4.92. The number of thioether (sulfide) groups is 1. The van der Waals surface area contributed by atoms with E-state index >= 15 is 0 Å². The van der Waals surface area contributed by atoms with Crippen molar-refractivity contribution in [2.45, 2.75) is 18.7 Å². The Hall–Kier alpha value is -2.44. The number of aryl methyl sites for hydroxylation is 2. The van der Waals surface area contributed by atoms with Crippen LogP contribution < -0.4 is 10.2 Å². The first-order valence-corrected chi connectivity index (χ1v) is 11.6. The van der Waals surface area contributed by atoms with Gasteiger partial charge in [-0.3, -0.25) is 9.59 Å². The van der Waals surface area contributed by atoms with Crippen LogP contribution in [0.3, 0.4) is 0 Å². The number of anilines is 2. The van der Waals surface area contributed by atoms with Gasteiger partial charge in [0, 0.05) is 25.7 Å². The van der Waals surface area contributed by atoms with Gasteiger partial charge in [-0.15, -0.1) is 0 Å². The highest BCUT2D eigenvalue weighted by atomic mass is 35.5. The van der Waals surface area contributed by atoms with Gasteiger partial charge in [-0.2, -0.15) is 0 Å². The van der Waals surface area contributed by atoms with E-state index in [9.17, 15) is 9.59 Å². The van der Waals surface area contributed by atoms with Crippen molar-refractivity contribution < 1.29 is 9.59 Å². The van der Waals surface area contributed by atoms with Gasteiger partial charge in [0.1, 0.15) is 10.6 Å². The summed E-state index contributed by atoms with van der Waals surface area (Å²) in [6.45, 7) is 3.70. The molecule has 3 aromatic carbocycles. The number of carbonyl (C=O) groups excluding carboxylic acids is 2. The minimum absolute atomic E-state index is 0.184. The number of carbonyl (C=O) groups is 2. The van der Waals surface area contributed by atoms with Gasteiger partial charge in [-0.25, -0.2) is 4.90 Å². The molecule has 0 atom stereocenters. The Morgan fingerprint density at radius 1 is 0.781 bits per heavy atom. The Kier molecular flexibility index (Phi) is 6.54. The van der Waals surface area contributed by atoms with E-state index in [2.05, 4.69) is 5.32 Å². The maximum atomic E-state index is 13.4. The highest BCUT2D eigenvalue weighted by Crippen LogP contribution is 2.39. The van der Waals surface area contributed by atoms with E-state index in [1.165, 1.54) is 16.7 Å². The lowest BCUT2D eigenvalue weighted by Gasteiger charge is -2.18.